The fourth-order valence-electron chi connectivity index (χ4n) is 2.02. The van der Waals surface area contributed by atoms with Crippen LogP contribution >= 0.6 is 23.2 Å². The van der Waals surface area contributed by atoms with E-state index in [1.54, 1.807) is 30.3 Å². The average molecular weight is 373 g/mol. The molecule has 7 heteroatoms. The van der Waals surface area contributed by atoms with Crippen LogP contribution in [0.5, 0.6) is 0 Å². The van der Waals surface area contributed by atoms with Crippen molar-refractivity contribution in [1.29, 1.82) is 0 Å². The summed E-state index contributed by atoms with van der Waals surface area (Å²) in [5.41, 5.74) is 1.91. The summed E-state index contributed by atoms with van der Waals surface area (Å²) >= 11 is 12.1. The van der Waals surface area contributed by atoms with Crippen molar-refractivity contribution in [3.05, 3.63) is 63.6 Å². The molecule has 0 bridgehead atoms. The van der Waals surface area contributed by atoms with E-state index in [0.717, 1.165) is 11.1 Å². The van der Waals surface area contributed by atoms with E-state index in [9.17, 15) is 8.42 Å². The summed E-state index contributed by atoms with van der Waals surface area (Å²) < 4.78 is 25.2. The number of benzene rings is 2. The van der Waals surface area contributed by atoms with E-state index in [0.29, 0.717) is 23.1 Å². The summed E-state index contributed by atoms with van der Waals surface area (Å²) in [5.74, 6) is 0. The van der Waals surface area contributed by atoms with Crippen molar-refractivity contribution >= 4 is 33.2 Å². The Morgan fingerprint density at radius 1 is 1.00 bits per heavy atom. The zero-order chi connectivity index (χ0) is 17.0. The van der Waals surface area contributed by atoms with E-state index >= 15 is 0 Å². The Labute approximate surface area is 147 Å². The summed E-state index contributed by atoms with van der Waals surface area (Å²) in [6.45, 7) is 1.18. The van der Waals surface area contributed by atoms with Crippen LogP contribution in [0.1, 0.15) is 11.1 Å². The molecule has 2 aromatic rings. The molecule has 0 heterocycles. The number of halogens is 2. The maximum atomic E-state index is 12.0. The van der Waals surface area contributed by atoms with Crippen LogP contribution in [0, 0.1) is 0 Å². The molecule has 0 aliphatic rings. The Hall–Kier alpha value is -1.11. The molecule has 0 amide bonds. The molecule has 4 nitrogen and oxygen atoms in total. The quantitative estimate of drug-likeness (QED) is 0.843. The maximum absolute atomic E-state index is 12.0. The molecule has 124 valence electrons. The van der Waals surface area contributed by atoms with Crippen LogP contribution in [-0.4, -0.2) is 26.8 Å². The monoisotopic (exact) mass is 372 g/mol. The number of hydrogen-bond donors (Lipinski definition) is 1. The van der Waals surface area contributed by atoms with Gasteiger partial charge in [0.15, 0.2) is 0 Å². The highest BCUT2D eigenvalue weighted by Gasteiger charge is 2.16. The fraction of sp³-hybridized carbons (Fsp3) is 0.250. The highest BCUT2D eigenvalue weighted by Crippen LogP contribution is 2.25. The molecule has 0 aliphatic heterocycles. The van der Waals surface area contributed by atoms with Crippen molar-refractivity contribution in [2.45, 2.75) is 18.0 Å². The van der Waals surface area contributed by atoms with Crippen molar-refractivity contribution in [3.8, 4) is 0 Å². The van der Waals surface area contributed by atoms with Crippen molar-refractivity contribution in [1.82, 2.24) is 9.62 Å². The van der Waals surface area contributed by atoms with E-state index in [-0.39, 0.29) is 4.90 Å². The van der Waals surface area contributed by atoms with Gasteiger partial charge in [-0.1, -0.05) is 47.5 Å². The molecule has 0 aromatic heterocycles. The Kier molecular flexibility index (Phi) is 6.06. The summed E-state index contributed by atoms with van der Waals surface area (Å²) in [7, 11) is -0.360. The van der Waals surface area contributed by atoms with E-state index < -0.39 is 10.0 Å². The standard InChI is InChI=1S/C16H18Cl2N2O2S/c1-20(2)23(21,22)14-8-6-12(7-9-14)10-19-11-13-4-3-5-15(17)16(13)18/h3-9,19H,10-11H2,1-2H3. The molecule has 0 spiro atoms. The van der Waals surface area contributed by atoms with Crippen LogP contribution in [0.2, 0.25) is 10.0 Å². The third-order valence-corrected chi connectivity index (χ3v) is 6.07. The molecular weight excluding hydrogens is 355 g/mol. The van der Waals surface area contributed by atoms with Crippen molar-refractivity contribution in [2.75, 3.05) is 14.1 Å². The second-order valence-corrected chi connectivity index (χ2v) is 8.18. The zero-order valence-corrected chi connectivity index (χ0v) is 15.2. The normalized spacial score (nSPS) is 11.9. The van der Waals surface area contributed by atoms with E-state index in [1.165, 1.54) is 18.4 Å². The van der Waals surface area contributed by atoms with Crippen LogP contribution in [0.4, 0.5) is 0 Å². The Morgan fingerprint density at radius 3 is 2.26 bits per heavy atom. The first-order valence-electron chi connectivity index (χ1n) is 6.97. The van der Waals surface area contributed by atoms with Gasteiger partial charge in [0.05, 0.1) is 14.9 Å². The summed E-state index contributed by atoms with van der Waals surface area (Å²) in [5, 5.41) is 4.35. The van der Waals surface area contributed by atoms with Crippen LogP contribution in [0.15, 0.2) is 47.4 Å². The highest BCUT2D eigenvalue weighted by molar-refractivity contribution is 7.89. The number of hydrogen-bond acceptors (Lipinski definition) is 3. The SMILES string of the molecule is CN(C)S(=O)(=O)c1ccc(CNCc2cccc(Cl)c2Cl)cc1. The second kappa shape index (κ2) is 7.64. The third kappa shape index (κ3) is 4.46. The number of nitrogens with zero attached hydrogens (tertiary/aromatic N) is 1. The van der Waals surface area contributed by atoms with Crippen molar-refractivity contribution in [3.63, 3.8) is 0 Å². The van der Waals surface area contributed by atoms with Gasteiger partial charge < -0.3 is 5.32 Å². The summed E-state index contributed by atoms with van der Waals surface area (Å²) in [6, 6.07) is 12.3. The lowest BCUT2D eigenvalue weighted by Crippen LogP contribution is -2.22. The van der Waals surface area contributed by atoms with E-state index in [1.807, 2.05) is 12.1 Å². The van der Waals surface area contributed by atoms with Crippen molar-refractivity contribution in [2.24, 2.45) is 0 Å². The second-order valence-electron chi connectivity index (χ2n) is 5.25. The van der Waals surface area contributed by atoms with Gasteiger partial charge in [-0.25, -0.2) is 12.7 Å². The van der Waals surface area contributed by atoms with Gasteiger partial charge in [0.1, 0.15) is 0 Å². The zero-order valence-electron chi connectivity index (χ0n) is 12.9. The van der Waals surface area contributed by atoms with Gasteiger partial charge in [-0.2, -0.15) is 0 Å². The molecule has 0 saturated carbocycles. The number of rotatable bonds is 6. The lowest BCUT2D eigenvalue weighted by atomic mass is 10.2. The molecule has 0 saturated heterocycles. The first-order chi connectivity index (χ1) is 10.8. The first kappa shape index (κ1) is 18.2. The van der Waals surface area contributed by atoms with Crippen LogP contribution in [0.3, 0.4) is 0 Å². The molecule has 2 rings (SSSR count). The molecule has 23 heavy (non-hydrogen) atoms. The molecule has 2 aromatic carbocycles. The third-order valence-electron chi connectivity index (χ3n) is 3.38. The summed E-state index contributed by atoms with van der Waals surface area (Å²) in [4.78, 5) is 0.282. The van der Waals surface area contributed by atoms with Gasteiger partial charge in [-0.15, -0.1) is 0 Å². The van der Waals surface area contributed by atoms with Gasteiger partial charge in [0.2, 0.25) is 10.0 Å². The van der Waals surface area contributed by atoms with Gasteiger partial charge in [0.25, 0.3) is 0 Å². The van der Waals surface area contributed by atoms with Gasteiger partial charge in [-0.05, 0) is 29.3 Å². The molecule has 0 unspecified atom stereocenters. The van der Waals surface area contributed by atoms with Crippen molar-refractivity contribution < 1.29 is 8.42 Å². The summed E-state index contributed by atoms with van der Waals surface area (Å²) in [6.07, 6.45) is 0. The maximum Gasteiger partial charge on any atom is 0.242 e. The molecule has 0 atom stereocenters. The molecule has 0 fully saturated rings. The lowest BCUT2D eigenvalue weighted by molar-refractivity contribution is 0.520. The lowest BCUT2D eigenvalue weighted by Gasteiger charge is -2.12. The Morgan fingerprint density at radius 2 is 1.65 bits per heavy atom. The molecule has 0 radical (unpaired) electrons. The predicted octanol–water partition coefficient (Wildman–Crippen LogP) is 3.53. The Bertz CT molecular complexity index is 775. The van der Waals surface area contributed by atoms with E-state index in [2.05, 4.69) is 5.32 Å². The highest BCUT2D eigenvalue weighted by atomic mass is 35.5. The molecule has 1 N–H and O–H groups in total. The number of nitrogens with one attached hydrogen (secondary N) is 1. The predicted molar refractivity (Wildman–Crippen MR) is 94.3 cm³/mol. The minimum absolute atomic E-state index is 0.282. The minimum atomic E-state index is -3.39. The van der Waals surface area contributed by atoms with Crippen LogP contribution in [0.25, 0.3) is 0 Å². The van der Waals surface area contributed by atoms with Crippen LogP contribution < -0.4 is 5.32 Å². The van der Waals surface area contributed by atoms with Gasteiger partial charge >= 0.3 is 0 Å². The smallest absolute Gasteiger partial charge is 0.242 e. The number of sulfonamides is 1. The minimum Gasteiger partial charge on any atom is -0.309 e. The van der Waals surface area contributed by atoms with E-state index in [4.69, 9.17) is 23.2 Å². The first-order valence-corrected chi connectivity index (χ1v) is 9.17. The fourth-order valence-corrected chi connectivity index (χ4v) is 3.31. The van der Waals surface area contributed by atoms with Crippen LogP contribution in [-0.2, 0) is 23.1 Å². The largest absolute Gasteiger partial charge is 0.309 e. The van der Waals surface area contributed by atoms with Gasteiger partial charge in [-0.3, -0.25) is 0 Å². The molecule has 0 aliphatic carbocycles. The molecular formula is C16H18Cl2N2O2S. The van der Waals surface area contributed by atoms with Gasteiger partial charge in [0, 0.05) is 27.2 Å². The Balaban J connectivity index is 1.98. The average Bonchev–Trinajstić information content (AvgIpc) is 2.52. The topological polar surface area (TPSA) is 49.4 Å².